The van der Waals surface area contributed by atoms with E-state index in [0.29, 0.717) is 0 Å². The topological polar surface area (TPSA) is 80.4 Å². The molecule has 1 aliphatic rings. The van der Waals surface area contributed by atoms with Crippen LogP contribution in [0.3, 0.4) is 0 Å². The van der Waals surface area contributed by atoms with Crippen molar-refractivity contribution in [2.24, 2.45) is 5.73 Å². The van der Waals surface area contributed by atoms with Crippen LogP contribution in [0.25, 0.3) is 0 Å². The first kappa shape index (κ1) is 17.1. The van der Waals surface area contributed by atoms with E-state index in [1.54, 1.807) is 24.3 Å². The molecule has 0 radical (unpaired) electrons. The minimum atomic E-state index is -3.60. The summed E-state index contributed by atoms with van der Waals surface area (Å²) in [5.41, 5.74) is 8.18. The second-order valence-corrected chi connectivity index (χ2v) is 8.69. The normalized spacial score (nSPS) is 26.3. The lowest BCUT2D eigenvalue weighted by molar-refractivity contribution is 0.253. The first-order chi connectivity index (χ1) is 11.3. The van der Waals surface area contributed by atoms with Gasteiger partial charge in [0.05, 0.1) is 22.3 Å². The van der Waals surface area contributed by atoms with E-state index < -0.39 is 20.6 Å². The van der Waals surface area contributed by atoms with E-state index in [-0.39, 0.29) is 17.4 Å². The van der Waals surface area contributed by atoms with E-state index in [9.17, 15) is 13.5 Å². The monoisotopic (exact) mass is 345 g/mol. The fourth-order valence-corrected chi connectivity index (χ4v) is 5.70. The first-order valence-electron chi connectivity index (χ1n) is 8.13. The molecule has 0 aromatic heterocycles. The Bertz CT molecular complexity index is 828. The van der Waals surface area contributed by atoms with E-state index in [2.05, 4.69) is 6.92 Å². The fraction of sp³-hybridized carbons (Fsp3) is 0.368. The third kappa shape index (κ3) is 2.66. The number of sulfone groups is 1. The number of rotatable bonds is 5. The average molecular weight is 345 g/mol. The highest BCUT2D eigenvalue weighted by molar-refractivity contribution is 7.92. The Hall–Kier alpha value is -1.69. The van der Waals surface area contributed by atoms with Gasteiger partial charge in [0.15, 0.2) is 9.84 Å². The van der Waals surface area contributed by atoms with Crippen molar-refractivity contribution >= 4 is 9.84 Å². The van der Waals surface area contributed by atoms with Gasteiger partial charge in [0, 0.05) is 5.92 Å². The molecule has 3 atom stereocenters. The zero-order valence-corrected chi connectivity index (χ0v) is 14.8. The van der Waals surface area contributed by atoms with Crippen LogP contribution in [0.5, 0.6) is 0 Å². The molecule has 2 aromatic carbocycles. The number of hydrogen-bond donors (Lipinski definition) is 2. The maximum atomic E-state index is 13.0. The van der Waals surface area contributed by atoms with Gasteiger partial charge in [0.1, 0.15) is 0 Å². The van der Waals surface area contributed by atoms with Crippen molar-refractivity contribution in [3.05, 3.63) is 65.2 Å². The number of aliphatic hydroxyl groups is 1. The molecule has 1 aliphatic carbocycles. The minimum Gasteiger partial charge on any atom is -0.394 e. The fourth-order valence-electron chi connectivity index (χ4n) is 3.40. The number of aryl methyl sites for hydroxylation is 2. The zero-order valence-electron chi connectivity index (χ0n) is 13.9. The van der Waals surface area contributed by atoms with Crippen molar-refractivity contribution in [2.75, 3.05) is 6.61 Å². The lowest BCUT2D eigenvalue weighted by atomic mass is 10.0. The van der Waals surface area contributed by atoms with Gasteiger partial charge in [-0.25, -0.2) is 8.42 Å². The molecule has 2 aromatic rings. The van der Waals surface area contributed by atoms with Crippen LogP contribution in [0.1, 0.15) is 29.5 Å². The summed E-state index contributed by atoms with van der Waals surface area (Å²) in [5, 5.41) is 8.93. The van der Waals surface area contributed by atoms with E-state index in [1.165, 1.54) is 5.56 Å². The molecule has 0 saturated heterocycles. The third-order valence-corrected chi connectivity index (χ3v) is 7.32. The predicted octanol–water partition coefficient (Wildman–Crippen LogP) is 2.19. The van der Waals surface area contributed by atoms with Crippen LogP contribution >= 0.6 is 0 Å². The van der Waals surface area contributed by atoms with Crippen LogP contribution in [-0.2, 0) is 16.3 Å². The molecular formula is C19H23NO3S. The molecular weight excluding hydrogens is 322 g/mol. The van der Waals surface area contributed by atoms with E-state index >= 15 is 0 Å². The molecule has 3 N–H and O–H groups in total. The van der Waals surface area contributed by atoms with Crippen molar-refractivity contribution < 1.29 is 13.5 Å². The van der Waals surface area contributed by atoms with Crippen molar-refractivity contribution in [1.82, 2.24) is 0 Å². The Morgan fingerprint density at radius 1 is 1.08 bits per heavy atom. The second-order valence-electron chi connectivity index (χ2n) is 6.62. The average Bonchev–Trinajstić information content (AvgIpc) is 3.23. The van der Waals surface area contributed by atoms with Crippen molar-refractivity contribution in [3.8, 4) is 0 Å². The molecule has 5 heteroatoms. The molecule has 1 fully saturated rings. The van der Waals surface area contributed by atoms with Crippen LogP contribution in [0.15, 0.2) is 53.4 Å². The standard InChI is InChI=1S/C19H23NO3S/c1-3-14-6-8-15(9-7-14)17-18(19(17,20)12-21)24(22,23)16-10-4-13(2)5-11-16/h4-11,17-18,21H,3,12,20H2,1-2H3. The second kappa shape index (κ2) is 5.99. The van der Waals surface area contributed by atoms with Gasteiger partial charge < -0.3 is 10.8 Å². The maximum absolute atomic E-state index is 13.0. The lowest BCUT2D eigenvalue weighted by Crippen LogP contribution is -2.35. The maximum Gasteiger partial charge on any atom is 0.183 e. The highest BCUT2D eigenvalue weighted by Crippen LogP contribution is 2.55. The number of benzene rings is 2. The minimum absolute atomic E-state index is 0.258. The van der Waals surface area contributed by atoms with Gasteiger partial charge >= 0.3 is 0 Å². The summed E-state index contributed by atoms with van der Waals surface area (Å²) in [6, 6.07) is 14.6. The van der Waals surface area contributed by atoms with Gasteiger partial charge in [-0.05, 0) is 36.6 Å². The smallest absolute Gasteiger partial charge is 0.183 e. The highest BCUT2D eigenvalue weighted by atomic mass is 32.2. The SMILES string of the molecule is CCc1ccc(C2C(S(=O)(=O)c3ccc(C)cc3)C2(N)CO)cc1. The van der Waals surface area contributed by atoms with Gasteiger partial charge in [0.2, 0.25) is 0 Å². The summed E-state index contributed by atoms with van der Waals surface area (Å²) in [6.07, 6.45) is 0.920. The van der Waals surface area contributed by atoms with E-state index in [1.807, 2.05) is 31.2 Å². The van der Waals surface area contributed by atoms with Crippen molar-refractivity contribution in [1.29, 1.82) is 0 Å². The summed E-state index contributed by atoms with van der Waals surface area (Å²) in [5.74, 6) is -0.389. The molecule has 0 bridgehead atoms. The summed E-state index contributed by atoms with van der Waals surface area (Å²) >= 11 is 0. The largest absolute Gasteiger partial charge is 0.394 e. The Balaban J connectivity index is 1.98. The van der Waals surface area contributed by atoms with Crippen LogP contribution < -0.4 is 5.73 Å². The lowest BCUT2D eigenvalue weighted by Gasteiger charge is -2.08. The van der Waals surface area contributed by atoms with Gasteiger partial charge in [0.25, 0.3) is 0 Å². The van der Waals surface area contributed by atoms with E-state index in [0.717, 1.165) is 17.5 Å². The van der Waals surface area contributed by atoms with Crippen LogP contribution in [0.4, 0.5) is 0 Å². The van der Waals surface area contributed by atoms with Crippen LogP contribution in [0, 0.1) is 6.92 Å². The molecule has 4 nitrogen and oxygen atoms in total. The Labute approximate surface area is 143 Å². The summed E-state index contributed by atoms with van der Waals surface area (Å²) < 4.78 is 26.0. The molecule has 3 rings (SSSR count). The molecule has 1 saturated carbocycles. The number of aliphatic hydroxyl groups excluding tert-OH is 1. The summed E-state index contributed by atoms with van der Waals surface area (Å²) in [7, 11) is -3.60. The molecule has 0 amide bonds. The van der Waals surface area contributed by atoms with Gasteiger partial charge in [-0.3, -0.25) is 0 Å². The molecule has 0 spiro atoms. The Morgan fingerprint density at radius 2 is 1.67 bits per heavy atom. The first-order valence-corrected chi connectivity index (χ1v) is 9.68. The highest BCUT2D eigenvalue weighted by Gasteiger charge is 2.69. The summed E-state index contributed by atoms with van der Waals surface area (Å²) in [6.45, 7) is 3.62. The number of hydrogen-bond acceptors (Lipinski definition) is 4. The van der Waals surface area contributed by atoms with Crippen LogP contribution in [-0.4, -0.2) is 30.9 Å². The van der Waals surface area contributed by atoms with Crippen molar-refractivity contribution in [3.63, 3.8) is 0 Å². The van der Waals surface area contributed by atoms with Gasteiger partial charge in [-0.1, -0.05) is 48.9 Å². The quantitative estimate of drug-likeness (QED) is 0.870. The van der Waals surface area contributed by atoms with E-state index in [4.69, 9.17) is 5.73 Å². The summed E-state index contributed by atoms with van der Waals surface area (Å²) in [4.78, 5) is 0.258. The molecule has 0 aliphatic heterocycles. The Morgan fingerprint density at radius 3 is 2.17 bits per heavy atom. The zero-order chi connectivity index (χ0) is 17.5. The van der Waals surface area contributed by atoms with Crippen LogP contribution in [0.2, 0.25) is 0 Å². The Kier molecular flexibility index (Phi) is 4.28. The molecule has 3 unspecified atom stereocenters. The molecule has 0 heterocycles. The predicted molar refractivity (Wildman–Crippen MR) is 94.7 cm³/mol. The van der Waals surface area contributed by atoms with Gasteiger partial charge in [-0.15, -0.1) is 0 Å². The van der Waals surface area contributed by atoms with Gasteiger partial charge in [-0.2, -0.15) is 0 Å². The third-order valence-electron chi connectivity index (χ3n) is 5.01. The van der Waals surface area contributed by atoms with Crippen molar-refractivity contribution in [2.45, 2.75) is 41.9 Å². The molecule has 24 heavy (non-hydrogen) atoms. The number of nitrogens with two attached hydrogens (primary N) is 1. The molecule has 128 valence electrons.